The van der Waals surface area contributed by atoms with Gasteiger partial charge in [-0.1, -0.05) is 23.5 Å². The number of nitro benzene ring substituents is 2. The molecule has 1 aliphatic heterocycles. The molecule has 42 heavy (non-hydrogen) atoms. The summed E-state index contributed by atoms with van der Waals surface area (Å²) in [5.41, 5.74) is 1.11. The molecule has 14 heteroatoms. The second kappa shape index (κ2) is 11.3. The van der Waals surface area contributed by atoms with E-state index < -0.39 is 27.4 Å². The Morgan fingerprint density at radius 2 is 1.90 bits per heavy atom. The van der Waals surface area contributed by atoms with Crippen molar-refractivity contribution in [2.45, 2.75) is 26.8 Å². The zero-order valence-electron chi connectivity index (χ0n) is 22.3. The zero-order valence-corrected chi connectivity index (χ0v) is 24.7. The minimum Gasteiger partial charge on any atom is -0.463 e. The number of esters is 1. The fraction of sp³-hybridized carbons (Fsp3) is 0.179. The lowest BCUT2D eigenvalue weighted by Crippen LogP contribution is -2.40. The Bertz CT molecular complexity index is 2010. The van der Waals surface area contributed by atoms with Crippen molar-refractivity contribution >= 4 is 50.7 Å². The first-order valence-electron chi connectivity index (χ1n) is 12.5. The van der Waals surface area contributed by atoms with Crippen molar-refractivity contribution in [3.63, 3.8) is 0 Å². The summed E-state index contributed by atoms with van der Waals surface area (Å²) in [6.45, 7) is 4.97. The largest absolute Gasteiger partial charge is 0.463 e. The van der Waals surface area contributed by atoms with Gasteiger partial charge in [-0.2, -0.15) is 0 Å². The maximum atomic E-state index is 13.8. The molecule has 0 saturated carbocycles. The van der Waals surface area contributed by atoms with Crippen LogP contribution < -0.4 is 14.9 Å². The molecule has 0 radical (unpaired) electrons. The zero-order chi connectivity index (χ0) is 30.3. The Morgan fingerprint density at radius 3 is 2.57 bits per heavy atom. The highest BCUT2D eigenvalue weighted by Crippen LogP contribution is 2.34. The van der Waals surface area contributed by atoms with E-state index >= 15 is 0 Å². The molecule has 4 aromatic rings. The third kappa shape index (κ3) is 5.21. The number of hydrogen-bond donors (Lipinski definition) is 0. The Hall–Kier alpha value is -4.69. The fourth-order valence-electron chi connectivity index (χ4n) is 4.62. The number of halogens is 1. The minimum absolute atomic E-state index is 0.0792. The van der Waals surface area contributed by atoms with E-state index in [9.17, 15) is 29.8 Å². The lowest BCUT2D eigenvalue weighted by atomic mass is 9.94. The van der Waals surface area contributed by atoms with Gasteiger partial charge in [0, 0.05) is 39.9 Å². The van der Waals surface area contributed by atoms with Crippen molar-refractivity contribution in [1.29, 1.82) is 0 Å². The number of carbonyl (C=O) groups excluding carboxylic acids is 1. The van der Waals surface area contributed by atoms with Gasteiger partial charge in [0.2, 0.25) is 0 Å². The topological polar surface area (TPSA) is 160 Å². The van der Waals surface area contributed by atoms with Gasteiger partial charge in [-0.05, 0) is 60.5 Å². The molecular weight excluding hydrogens is 632 g/mol. The quantitative estimate of drug-likeness (QED) is 0.154. The number of rotatable bonds is 7. The van der Waals surface area contributed by atoms with E-state index in [4.69, 9.17) is 9.15 Å². The Labute approximate surface area is 249 Å². The molecule has 1 unspecified atom stereocenters. The predicted octanol–water partition coefficient (Wildman–Crippen LogP) is 4.95. The van der Waals surface area contributed by atoms with Crippen LogP contribution in [0, 0.1) is 27.2 Å². The van der Waals surface area contributed by atoms with Crippen LogP contribution in [0.3, 0.4) is 0 Å². The van der Waals surface area contributed by atoms with Crippen LogP contribution in [0.15, 0.2) is 78.5 Å². The molecule has 3 heterocycles. The van der Waals surface area contributed by atoms with Gasteiger partial charge in [0.25, 0.3) is 16.9 Å². The number of furan rings is 1. The number of thiazole rings is 1. The van der Waals surface area contributed by atoms with E-state index in [2.05, 4.69) is 20.9 Å². The van der Waals surface area contributed by atoms with Gasteiger partial charge in [-0.15, -0.1) is 0 Å². The SMILES string of the molecule is CCOC(=O)C1=C(C)N=c2sc(=Cc3ccc(-c4ccc([N+](=O)[O-])cc4Br)o3)c(=O)n2C1c1ccc(C)c([N+](=O)[O-])c1. The van der Waals surface area contributed by atoms with Crippen LogP contribution in [0.5, 0.6) is 0 Å². The summed E-state index contributed by atoms with van der Waals surface area (Å²) in [6, 6.07) is 11.2. The third-order valence-electron chi connectivity index (χ3n) is 6.59. The summed E-state index contributed by atoms with van der Waals surface area (Å²) in [5.74, 6) is 0.0797. The number of ether oxygens (including phenoxy) is 1. The molecule has 0 bridgehead atoms. The Balaban J connectivity index is 1.64. The number of hydrogen-bond acceptors (Lipinski definition) is 10. The highest BCUT2D eigenvalue weighted by molar-refractivity contribution is 9.10. The summed E-state index contributed by atoms with van der Waals surface area (Å²) in [5, 5.41) is 22.8. The van der Waals surface area contributed by atoms with E-state index in [-0.39, 0.29) is 28.1 Å². The number of nitrogens with zero attached hydrogens (tertiary/aromatic N) is 4. The first kappa shape index (κ1) is 28.8. The van der Waals surface area contributed by atoms with E-state index in [0.29, 0.717) is 43.2 Å². The van der Waals surface area contributed by atoms with E-state index in [1.807, 2.05) is 0 Å². The van der Waals surface area contributed by atoms with Gasteiger partial charge in [0.1, 0.15) is 11.5 Å². The number of non-ortho nitro benzene ring substituents is 1. The number of allylic oxidation sites excluding steroid dienone is 1. The molecule has 0 aliphatic carbocycles. The Morgan fingerprint density at radius 1 is 1.14 bits per heavy atom. The third-order valence-corrected chi connectivity index (χ3v) is 8.23. The average molecular weight is 653 g/mol. The summed E-state index contributed by atoms with van der Waals surface area (Å²) >= 11 is 4.41. The molecule has 0 saturated heterocycles. The van der Waals surface area contributed by atoms with Gasteiger partial charge >= 0.3 is 5.97 Å². The number of carbonyl (C=O) groups is 1. The van der Waals surface area contributed by atoms with Gasteiger partial charge in [-0.3, -0.25) is 29.6 Å². The molecule has 0 amide bonds. The monoisotopic (exact) mass is 652 g/mol. The fourth-order valence-corrected chi connectivity index (χ4v) is 6.21. The molecule has 0 N–H and O–H groups in total. The van der Waals surface area contributed by atoms with Crippen LogP contribution in [-0.2, 0) is 9.53 Å². The number of benzene rings is 2. The van der Waals surface area contributed by atoms with Gasteiger partial charge in [-0.25, -0.2) is 9.79 Å². The Kier molecular flexibility index (Phi) is 7.75. The van der Waals surface area contributed by atoms with Crippen LogP contribution in [0.2, 0.25) is 0 Å². The number of aryl methyl sites for hydroxylation is 1. The smallest absolute Gasteiger partial charge is 0.338 e. The highest BCUT2D eigenvalue weighted by Gasteiger charge is 2.34. The average Bonchev–Trinajstić information content (AvgIpc) is 3.52. The van der Waals surface area contributed by atoms with Crippen molar-refractivity contribution in [3.8, 4) is 11.3 Å². The van der Waals surface area contributed by atoms with Crippen molar-refractivity contribution in [3.05, 3.63) is 121 Å². The maximum Gasteiger partial charge on any atom is 0.338 e. The van der Waals surface area contributed by atoms with Crippen molar-refractivity contribution in [2.75, 3.05) is 6.61 Å². The highest BCUT2D eigenvalue weighted by atomic mass is 79.9. The molecule has 5 rings (SSSR count). The molecule has 12 nitrogen and oxygen atoms in total. The van der Waals surface area contributed by atoms with Crippen LogP contribution >= 0.6 is 27.3 Å². The van der Waals surface area contributed by atoms with Crippen LogP contribution in [0.25, 0.3) is 17.4 Å². The number of fused-ring (bicyclic) bond motifs is 1. The summed E-state index contributed by atoms with van der Waals surface area (Å²) in [6.07, 6.45) is 1.53. The molecule has 2 aromatic carbocycles. The first-order chi connectivity index (χ1) is 20.0. The summed E-state index contributed by atoms with van der Waals surface area (Å²) in [7, 11) is 0. The normalized spacial score (nSPS) is 14.9. The van der Waals surface area contributed by atoms with Crippen molar-refractivity contribution < 1.29 is 23.8 Å². The predicted molar refractivity (Wildman–Crippen MR) is 157 cm³/mol. The number of nitro groups is 2. The minimum atomic E-state index is -1.01. The van der Waals surface area contributed by atoms with Crippen LogP contribution in [-0.4, -0.2) is 27.0 Å². The second-order valence-corrected chi connectivity index (χ2v) is 11.1. The summed E-state index contributed by atoms with van der Waals surface area (Å²) in [4.78, 5) is 53.4. The lowest BCUT2D eigenvalue weighted by molar-refractivity contribution is -0.385. The standard InChI is InChI=1S/C28H21BrN4O8S/c1-4-40-27(35)24-15(3)30-28-31(25(24)16-6-5-14(2)21(11-16)33(38)39)26(34)23(42-28)13-18-8-10-22(41-18)19-9-7-17(32(36)37)12-20(19)29/h5-13,25H,4H2,1-3H3. The van der Waals surface area contributed by atoms with Gasteiger partial charge in [0.15, 0.2) is 4.80 Å². The van der Waals surface area contributed by atoms with Gasteiger partial charge in [0.05, 0.1) is 38.3 Å². The van der Waals surface area contributed by atoms with Crippen LogP contribution in [0.4, 0.5) is 11.4 Å². The molecule has 1 atom stereocenters. The van der Waals surface area contributed by atoms with Crippen molar-refractivity contribution in [2.24, 2.45) is 4.99 Å². The van der Waals surface area contributed by atoms with E-state index in [1.54, 1.807) is 51.1 Å². The maximum absolute atomic E-state index is 13.8. The number of aromatic nitrogens is 1. The lowest BCUT2D eigenvalue weighted by Gasteiger charge is -2.24. The van der Waals surface area contributed by atoms with E-state index in [0.717, 1.165) is 11.3 Å². The second-order valence-electron chi connectivity index (χ2n) is 9.23. The van der Waals surface area contributed by atoms with Gasteiger partial charge < -0.3 is 9.15 Å². The first-order valence-corrected chi connectivity index (χ1v) is 14.1. The van der Waals surface area contributed by atoms with E-state index in [1.165, 1.54) is 28.8 Å². The molecule has 2 aromatic heterocycles. The molecule has 214 valence electrons. The molecule has 1 aliphatic rings. The van der Waals surface area contributed by atoms with Crippen LogP contribution in [0.1, 0.15) is 36.8 Å². The van der Waals surface area contributed by atoms with Crippen molar-refractivity contribution in [1.82, 2.24) is 4.57 Å². The molecule has 0 fully saturated rings. The molecule has 0 spiro atoms. The summed E-state index contributed by atoms with van der Waals surface area (Å²) < 4.78 is 13.3. The molecular formula is C28H21BrN4O8S.